The fraction of sp³-hybridized carbons (Fsp3) is 0.429. The monoisotopic (exact) mass is 725 g/mol. The second kappa shape index (κ2) is 15.7. The summed E-state index contributed by atoms with van der Waals surface area (Å²) in [6.45, 7) is -1.23. The van der Waals surface area contributed by atoms with Crippen molar-refractivity contribution >= 4 is 23.8 Å². The summed E-state index contributed by atoms with van der Waals surface area (Å²) in [7, 11) is 2.69. The van der Waals surface area contributed by atoms with Gasteiger partial charge in [0.15, 0.2) is 11.7 Å². The molecule has 2 aliphatic heterocycles. The number of guanidine groups is 1. The first kappa shape index (κ1) is 38.2. The second-order valence-electron chi connectivity index (χ2n) is 12.6. The molecule has 0 bridgehead atoms. The highest BCUT2D eigenvalue weighted by molar-refractivity contribution is 6.31. The van der Waals surface area contributed by atoms with Crippen LogP contribution in [0.15, 0.2) is 40.7 Å². The number of fused-ring (bicyclic) bond motifs is 2. The third-order valence-electron chi connectivity index (χ3n) is 9.58. The van der Waals surface area contributed by atoms with Crippen LogP contribution in [0.2, 0.25) is 0 Å². The number of carbonyl (C=O) groups is 3. The van der Waals surface area contributed by atoms with Crippen LogP contribution in [0.4, 0.5) is 0 Å². The maximum atomic E-state index is 14.4. The maximum absolute atomic E-state index is 14.4. The number of ketones is 2. The molecule has 1 saturated heterocycles. The van der Waals surface area contributed by atoms with Gasteiger partial charge in [-0.1, -0.05) is 6.08 Å². The molecule has 5 atom stereocenters. The molecule has 0 radical (unpaired) electrons. The molecule has 17 heteroatoms. The van der Waals surface area contributed by atoms with Gasteiger partial charge in [0.2, 0.25) is 12.1 Å². The molecule has 0 saturated carbocycles. The quantitative estimate of drug-likeness (QED) is 0.0545. The van der Waals surface area contributed by atoms with Crippen molar-refractivity contribution in [1.29, 1.82) is 0 Å². The first-order valence-electron chi connectivity index (χ1n) is 16.5. The van der Waals surface area contributed by atoms with E-state index >= 15 is 0 Å². The number of nitrogens with zero attached hydrogens (tertiary/aromatic N) is 1. The van der Waals surface area contributed by atoms with E-state index in [1.807, 2.05) is 6.08 Å². The van der Waals surface area contributed by atoms with Crippen molar-refractivity contribution in [3.63, 3.8) is 0 Å². The van der Waals surface area contributed by atoms with Gasteiger partial charge in [-0.2, -0.15) is 0 Å². The van der Waals surface area contributed by atoms with E-state index in [-0.39, 0.29) is 66.2 Å². The molecule has 2 aromatic rings. The number of nitrogens with two attached hydrogens (primary N) is 2. The SMILES string of the molecule is CN=C(N)NCc1c(CCC=O)cc2c(c1O)C(=O)c1c(O[C@@H]3O[C@H](CO)[C@](O)(CCC4=CCNC(N)=C4)[C@H](O)[C@H]3O)cc(OC)c(CO)c1C2=O. The van der Waals surface area contributed by atoms with Gasteiger partial charge in [0.25, 0.3) is 0 Å². The molecule has 2 heterocycles. The van der Waals surface area contributed by atoms with E-state index in [1.54, 1.807) is 6.08 Å². The number of aliphatic hydroxyl groups is 5. The van der Waals surface area contributed by atoms with Crippen molar-refractivity contribution in [3.8, 4) is 17.2 Å². The summed E-state index contributed by atoms with van der Waals surface area (Å²) in [5, 5.41) is 71.9. The lowest BCUT2D eigenvalue weighted by Crippen LogP contribution is -2.67. The zero-order valence-electron chi connectivity index (χ0n) is 28.6. The molecule has 1 fully saturated rings. The minimum Gasteiger partial charge on any atom is -0.507 e. The Bertz CT molecular complexity index is 1840. The molecule has 0 aromatic heterocycles. The van der Waals surface area contributed by atoms with Crippen molar-refractivity contribution < 1.29 is 59.2 Å². The first-order chi connectivity index (χ1) is 24.8. The number of aliphatic imine (C=N–C) groups is 1. The van der Waals surface area contributed by atoms with Crippen LogP contribution in [0.25, 0.3) is 0 Å². The van der Waals surface area contributed by atoms with Gasteiger partial charge in [0.1, 0.15) is 47.4 Å². The largest absolute Gasteiger partial charge is 0.507 e. The predicted octanol–water partition coefficient (Wildman–Crippen LogP) is -1.51. The fourth-order valence-corrected chi connectivity index (χ4v) is 6.77. The average molecular weight is 726 g/mol. The molecule has 2 aromatic carbocycles. The molecular formula is C35H43N5O12. The molecular weight excluding hydrogens is 682 g/mol. The van der Waals surface area contributed by atoms with Crippen molar-refractivity contribution in [2.75, 3.05) is 27.3 Å². The Morgan fingerprint density at radius 3 is 2.52 bits per heavy atom. The van der Waals surface area contributed by atoms with Crippen molar-refractivity contribution in [1.82, 2.24) is 10.6 Å². The van der Waals surface area contributed by atoms with Crippen LogP contribution < -0.4 is 31.6 Å². The Morgan fingerprint density at radius 1 is 1.13 bits per heavy atom. The highest BCUT2D eigenvalue weighted by atomic mass is 16.7. The molecule has 1 aliphatic carbocycles. The normalized spacial score (nSPS) is 24.2. The van der Waals surface area contributed by atoms with Gasteiger partial charge in [-0.15, -0.1) is 0 Å². The van der Waals surface area contributed by atoms with Crippen molar-refractivity contribution in [2.45, 2.75) is 69.0 Å². The highest BCUT2D eigenvalue weighted by Gasteiger charge is 2.55. The molecule has 17 nitrogen and oxygen atoms in total. The van der Waals surface area contributed by atoms with E-state index in [1.165, 1.54) is 26.3 Å². The summed E-state index contributed by atoms with van der Waals surface area (Å²) >= 11 is 0. The summed E-state index contributed by atoms with van der Waals surface area (Å²) < 4.78 is 17.2. The van der Waals surface area contributed by atoms with Crippen molar-refractivity contribution in [3.05, 3.63) is 74.6 Å². The molecule has 0 amide bonds. The number of aromatic hydroxyl groups is 1. The number of phenolic OH excluding ortho intramolecular Hbond substituents is 1. The third-order valence-corrected chi connectivity index (χ3v) is 9.58. The smallest absolute Gasteiger partial charge is 0.229 e. The van der Waals surface area contributed by atoms with Crippen LogP contribution >= 0.6 is 0 Å². The number of aldehydes is 1. The third kappa shape index (κ3) is 6.93. The number of aliphatic hydroxyl groups excluding tert-OH is 4. The van der Waals surface area contributed by atoms with E-state index in [2.05, 4.69) is 15.6 Å². The lowest BCUT2D eigenvalue weighted by molar-refractivity contribution is -0.314. The lowest BCUT2D eigenvalue weighted by atomic mass is 9.78. The van der Waals surface area contributed by atoms with Gasteiger partial charge in [-0.25, -0.2) is 0 Å². The number of phenols is 1. The number of methoxy groups -OCH3 is 1. The van der Waals surface area contributed by atoms with Gasteiger partial charge >= 0.3 is 0 Å². The summed E-state index contributed by atoms with van der Waals surface area (Å²) in [5.41, 5.74) is 9.35. The summed E-state index contributed by atoms with van der Waals surface area (Å²) in [5.74, 6) is -2.30. The Labute approximate surface area is 298 Å². The number of aryl methyl sites for hydroxylation is 1. The number of hydrogen-bond donors (Lipinski definition) is 10. The van der Waals surface area contributed by atoms with Crippen LogP contribution in [-0.4, -0.2) is 112 Å². The standard InChI is InChI=1S/C35H43N5O12/c1-38-34(37)40-13-19-17(4-3-9-41)11-18-26(29(19)45)30(46)27-22(12-21(50-2)20(14-42)25(27)28(18)44)51-33-31(47)32(48)35(49,23(15-43)52-33)7-5-16-6-8-39-24(36)10-16/h6,9-12,23,31-33,39,42-43,45,47-49H,3-5,7-8,13-15,36H2,1-2H3,(H3,37,38,40)/t23-,31-,32-,33-,35-/m1/s1. The Hall–Kier alpha value is -5.04. The maximum Gasteiger partial charge on any atom is 0.229 e. The van der Waals surface area contributed by atoms with Gasteiger partial charge in [0, 0.05) is 54.9 Å². The molecule has 0 spiro atoms. The van der Waals surface area contributed by atoms with Crippen LogP contribution in [0.1, 0.15) is 67.8 Å². The van der Waals surface area contributed by atoms with Gasteiger partial charge in [-0.05, 0) is 42.5 Å². The van der Waals surface area contributed by atoms with E-state index in [0.29, 0.717) is 24.2 Å². The van der Waals surface area contributed by atoms with Crippen molar-refractivity contribution in [2.24, 2.45) is 16.5 Å². The van der Waals surface area contributed by atoms with Crippen LogP contribution in [-0.2, 0) is 29.1 Å². The average Bonchev–Trinajstić information content (AvgIpc) is 3.14. The molecule has 5 rings (SSSR count). The number of hydrogen-bond acceptors (Lipinski definition) is 15. The van der Waals surface area contributed by atoms with Crippen LogP contribution in [0, 0.1) is 0 Å². The Morgan fingerprint density at radius 2 is 1.88 bits per heavy atom. The Balaban J connectivity index is 1.56. The number of nitrogens with one attached hydrogen (secondary N) is 2. The van der Waals surface area contributed by atoms with Crippen LogP contribution in [0.3, 0.4) is 0 Å². The molecule has 52 heavy (non-hydrogen) atoms. The summed E-state index contributed by atoms with van der Waals surface area (Å²) in [6, 6.07) is 2.56. The molecule has 0 unspecified atom stereocenters. The number of ether oxygens (including phenoxy) is 3. The van der Waals surface area contributed by atoms with Gasteiger partial charge < -0.3 is 71.7 Å². The topological polar surface area (TPSA) is 289 Å². The summed E-state index contributed by atoms with van der Waals surface area (Å²) in [4.78, 5) is 43.7. The molecule has 280 valence electrons. The zero-order chi connectivity index (χ0) is 37.9. The van der Waals surface area contributed by atoms with Gasteiger partial charge in [0.05, 0.1) is 37.3 Å². The van der Waals surface area contributed by atoms with E-state index in [0.717, 1.165) is 5.57 Å². The van der Waals surface area contributed by atoms with E-state index < -0.39 is 77.6 Å². The molecule has 12 N–H and O–H groups in total. The van der Waals surface area contributed by atoms with E-state index in [9.17, 15) is 45.0 Å². The molecule has 3 aliphatic rings. The predicted molar refractivity (Wildman–Crippen MR) is 184 cm³/mol. The second-order valence-corrected chi connectivity index (χ2v) is 12.6. The highest BCUT2D eigenvalue weighted by Crippen LogP contribution is 2.45. The minimum absolute atomic E-state index is 0.0211. The summed E-state index contributed by atoms with van der Waals surface area (Å²) in [6.07, 6.45) is -2.85. The first-order valence-corrected chi connectivity index (χ1v) is 16.5. The lowest BCUT2D eigenvalue weighted by Gasteiger charge is -2.48. The number of dihydropyridines is 1. The Kier molecular flexibility index (Phi) is 11.5. The van der Waals surface area contributed by atoms with Crippen LogP contribution in [0.5, 0.6) is 17.2 Å². The zero-order valence-corrected chi connectivity index (χ0v) is 28.6. The number of benzene rings is 2. The van der Waals surface area contributed by atoms with E-state index in [4.69, 9.17) is 25.7 Å². The fourth-order valence-electron chi connectivity index (χ4n) is 6.77. The van der Waals surface area contributed by atoms with Gasteiger partial charge in [-0.3, -0.25) is 14.6 Å². The number of allylic oxidation sites excluding steroid dienone is 2. The minimum atomic E-state index is -2.16. The number of rotatable bonds is 13. The number of carbonyl (C=O) groups excluding carboxylic acids is 3.